The quantitative estimate of drug-likeness (QED) is 0.784. The highest BCUT2D eigenvalue weighted by Crippen LogP contribution is 2.22. The second-order valence-corrected chi connectivity index (χ2v) is 7.24. The molecule has 0 saturated carbocycles. The van der Waals surface area contributed by atoms with E-state index in [1.54, 1.807) is 30.3 Å². The van der Waals surface area contributed by atoms with E-state index in [1.807, 2.05) is 13.8 Å². The van der Waals surface area contributed by atoms with Crippen molar-refractivity contribution in [1.29, 1.82) is 0 Å². The van der Waals surface area contributed by atoms with E-state index in [4.69, 9.17) is 11.6 Å². The Labute approximate surface area is 115 Å². The highest BCUT2D eigenvalue weighted by Gasteiger charge is 2.21. The third-order valence-electron chi connectivity index (χ3n) is 2.78. The number of halogens is 1. The van der Waals surface area contributed by atoms with Crippen molar-refractivity contribution in [3.63, 3.8) is 0 Å². The Balaban J connectivity index is 2.63. The largest absolute Gasteiger partial charge is 0.240 e. The van der Waals surface area contributed by atoms with Gasteiger partial charge in [-0.1, -0.05) is 32.0 Å². The molecule has 0 radical (unpaired) electrons. The molecule has 0 saturated heterocycles. The molecule has 0 bridgehead atoms. The van der Waals surface area contributed by atoms with E-state index in [9.17, 15) is 8.42 Å². The average molecular weight is 290 g/mol. The molecule has 0 aliphatic carbocycles. The summed E-state index contributed by atoms with van der Waals surface area (Å²) in [5.41, 5.74) is -0.0866. The predicted molar refractivity (Wildman–Crippen MR) is 75.4 cm³/mol. The zero-order valence-electron chi connectivity index (χ0n) is 10.8. The first-order valence-electron chi connectivity index (χ1n) is 5.98. The molecule has 5 heteroatoms. The van der Waals surface area contributed by atoms with Crippen molar-refractivity contribution in [2.24, 2.45) is 5.41 Å². The maximum Gasteiger partial charge on any atom is 0.240 e. The van der Waals surface area contributed by atoms with Crippen molar-refractivity contribution >= 4 is 21.6 Å². The Hall–Kier alpha value is -0.580. The Morgan fingerprint density at radius 3 is 2.39 bits per heavy atom. The van der Waals surface area contributed by atoms with Crippen molar-refractivity contribution in [3.8, 4) is 0 Å². The van der Waals surface area contributed by atoms with E-state index in [0.717, 1.165) is 12.8 Å². The van der Waals surface area contributed by atoms with Gasteiger partial charge in [-0.25, -0.2) is 13.1 Å². The van der Waals surface area contributed by atoms with E-state index in [0.29, 0.717) is 17.3 Å². The Bertz CT molecular complexity index is 457. The van der Waals surface area contributed by atoms with E-state index >= 15 is 0 Å². The molecule has 0 fully saturated rings. The summed E-state index contributed by atoms with van der Waals surface area (Å²) in [5, 5.41) is 0. The lowest BCUT2D eigenvalue weighted by molar-refractivity contribution is 0.331. The zero-order chi connectivity index (χ0) is 13.6. The van der Waals surface area contributed by atoms with Gasteiger partial charge >= 0.3 is 0 Å². The van der Waals surface area contributed by atoms with Gasteiger partial charge in [-0.05, 0) is 30.4 Å². The molecule has 0 aliphatic rings. The first-order chi connectivity index (χ1) is 8.37. The molecule has 0 heterocycles. The van der Waals surface area contributed by atoms with Crippen molar-refractivity contribution in [3.05, 3.63) is 30.3 Å². The van der Waals surface area contributed by atoms with Gasteiger partial charge in [0.15, 0.2) is 0 Å². The summed E-state index contributed by atoms with van der Waals surface area (Å²) in [7, 11) is -3.40. The molecular weight excluding hydrogens is 270 g/mol. The molecule has 0 unspecified atom stereocenters. The number of alkyl halides is 1. The average Bonchev–Trinajstić information content (AvgIpc) is 2.36. The Morgan fingerprint density at radius 1 is 1.22 bits per heavy atom. The summed E-state index contributed by atoms with van der Waals surface area (Å²) in [4.78, 5) is 0.304. The molecular formula is C13H20ClNO2S. The third kappa shape index (κ3) is 4.96. The lowest BCUT2D eigenvalue weighted by Crippen LogP contribution is -2.34. The second kappa shape index (κ2) is 6.55. The molecule has 1 N–H and O–H groups in total. The number of benzene rings is 1. The maximum atomic E-state index is 12.0. The predicted octanol–water partition coefficient (Wildman–Crippen LogP) is 3.01. The summed E-state index contributed by atoms with van der Waals surface area (Å²) in [6.07, 6.45) is 1.79. The van der Waals surface area contributed by atoms with Crippen molar-refractivity contribution < 1.29 is 8.42 Å². The molecule has 1 aromatic carbocycles. The van der Waals surface area contributed by atoms with Gasteiger partial charge in [-0.2, -0.15) is 0 Å². The summed E-state index contributed by atoms with van der Waals surface area (Å²) in [6.45, 7) is 4.49. The van der Waals surface area contributed by atoms with Crippen LogP contribution in [0.15, 0.2) is 35.2 Å². The Morgan fingerprint density at radius 2 is 1.83 bits per heavy atom. The van der Waals surface area contributed by atoms with Gasteiger partial charge in [0.25, 0.3) is 0 Å². The SMILES string of the molecule is CC(C)(CCCCl)CNS(=O)(=O)c1ccccc1. The molecule has 3 nitrogen and oxygen atoms in total. The minimum Gasteiger partial charge on any atom is -0.211 e. The fraction of sp³-hybridized carbons (Fsp3) is 0.538. The van der Waals surface area contributed by atoms with Crippen LogP contribution in [0.3, 0.4) is 0 Å². The van der Waals surface area contributed by atoms with Gasteiger partial charge < -0.3 is 0 Å². The normalized spacial score (nSPS) is 12.6. The van der Waals surface area contributed by atoms with Crippen LogP contribution in [-0.4, -0.2) is 20.8 Å². The summed E-state index contributed by atoms with van der Waals surface area (Å²) in [5.74, 6) is 0.606. The van der Waals surface area contributed by atoms with Crippen LogP contribution in [-0.2, 0) is 10.0 Å². The van der Waals surface area contributed by atoms with Gasteiger partial charge in [0.05, 0.1) is 4.90 Å². The van der Waals surface area contributed by atoms with Crippen molar-refractivity contribution in [2.75, 3.05) is 12.4 Å². The summed E-state index contributed by atoms with van der Waals surface area (Å²) in [6, 6.07) is 8.41. The first kappa shape index (κ1) is 15.5. The third-order valence-corrected chi connectivity index (χ3v) is 4.47. The standard InChI is InChI=1S/C13H20ClNO2S/c1-13(2,9-6-10-14)11-15-18(16,17)12-7-4-3-5-8-12/h3-5,7-8,15H,6,9-11H2,1-2H3. The molecule has 0 aliphatic heterocycles. The Kier molecular flexibility index (Phi) is 5.63. The lowest BCUT2D eigenvalue weighted by atomic mass is 9.88. The number of sulfonamides is 1. The van der Waals surface area contributed by atoms with Crippen LogP contribution >= 0.6 is 11.6 Å². The van der Waals surface area contributed by atoms with E-state index in [-0.39, 0.29) is 5.41 Å². The van der Waals surface area contributed by atoms with Crippen molar-refractivity contribution in [2.45, 2.75) is 31.6 Å². The smallest absolute Gasteiger partial charge is 0.211 e. The van der Waals surface area contributed by atoms with Crippen molar-refractivity contribution in [1.82, 2.24) is 4.72 Å². The summed E-state index contributed by atoms with van der Waals surface area (Å²) >= 11 is 5.65. The lowest BCUT2D eigenvalue weighted by Gasteiger charge is -2.24. The highest BCUT2D eigenvalue weighted by atomic mass is 35.5. The first-order valence-corrected chi connectivity index (χ1v) is 8.00. The molecule has 1 aromatic rings. The monoisotopic (exact) mass is 289 g/mol. The molecule has 1 rings (SSSR count). The zero-order valence-corrected chi connectivity index (χ0v) is 12.4. The second-order valence-electron chi connectivity index (χ2n) is 5.09. The van der Waals surface area contributed by atoms with Crippen LogP contribution in [0, 0.1) is 5.41 Å². The van der Waals surface area contributed by atoms with Gasteiger partial charge in [0, 0.05) is 12.4 Å². The van der Waals surface area contributed by atoms with Gasteiger partial charge in [-0.3, -0.25) is 0 Å². The topological polar surface area (TPSA) is 46.2 Å². The fourth-order valence-electron chi connectivity index (χ4n) is 1.61. The summed E-state index contributed by atoms with van der Waals surface area (Å²) < 4.78 is 26.7. The molecule has 0 spiro atoms. The fourth-order valence-corrected chi connectivity index (χ4v) is 3.00. The van der Waals surface area contributed by atoms with Crippen LogP contribution in [0.4, 0.5) is 0 Å². The molecule has 18 heavy (non-hydrogen) atoms. The van der Waals surface area contributed by atoms with E-state index in [1.165, 1.54) is 0 Å². The van der Waals surface area contributed by atoms with Crippen LogP contribution in [0.1, 0.15) is 26.7 Å². The molecule has 102 valence electrons. The number of hydrogen-bond donors (Lipinski definition) is 1. The molecule has 0 amide bonds. The maximum absolute atomic E-state index is 12.0. The van der Waals surface area contributed by atoms with Crippen LogP contribution in [0.2, 0.25) is 0 Å². The highest BCUT2D eigenvalue weighted by molar-refractivity contribution is 7.89. The van der Waals surface area contributed by atoms with Gasteiger partial charge in [-0.15, -0.1) is 11.6 Å². The number of rotatable bonds is 7. The van der Waals surface area contributed by atoms with Crippen LogP contribution in [0.25, 0.3) is 0 Å². The van der Waals surface area contributed by atoms with Crippen LogP contribution < -0.4 is 4.72 Å². The van der Waals surface area contributed by atoms with E-state index in [2.05, 4.69) is 4.72 Å². The minimum atomic E-state index is -3.40. The van der Waals surface area contributed by atoms with Gasteiger partial charge in [0.2, 0.25) is 10.0 Å². The molecule has 0 atom stereocenters. The van der Waals surface area contributed by atoms with Crippen LogP contribution in [0.5, 0.6) is 0 Å². The van der Waals surface area contributed by atoms with Gasteiger partial charge in [0.1, 0.15) is 0 Å². The van der Waals surface area contributed by atoms with E-state index < -0.39 is 10.0 Å². The molecule has 0 aromatic heterocycles. The number of nitrogens with one attached hydrogen (secondary N) is 1. The minimum absolute atomic E-state index is 0.0866. The number of hydrogen-bond acceptors (Lipinski definition) is 2.